The summed E-state index contributed by atoms with van der Waals surface area (Å²) in [6.07, 6.45) is 10.0. The lowest BCUT2D eigenvalue weighted by Gasteiger charge is -2.34. The molecule has 0 bridgehead atoms. The molecule has 2 rings (SSSR count). The molecule has 0 aromatic heterocycles. The molecule has 1 amide bonds. The first-order valence-corrected chi connectivity index (χ1v) is 7.94. The monoisotopic (exact) mass is 280 g/mol. The molecule has 0 atom stereocenters. The molecule has 0 radical (unpaired) electrons. The van der Waals surface area contributed by atoms with Crippen LogP contribution in [0, 0.1) is 5.92 Å². The van der Waals surface area contributed by atoms with Gasteiger partial charge in [-0.2, -0.15) is 0 Å². The molecular formula is C16H28N2O2. The van der Waals surface area contributed by atoms with Gasteiger partial charge in [-0.15, -0.1) is 0 Å². The minimum Gasteiger partial charge on any atom is -0.393 e. The van der Waals surface area contributed by atoms with Gasteiger partial charge in [-0.25, -0.2) is 0 Å². The van der Waals surface area contributed by atoms with Crippen LogP contribution in [0.2, 0.25) is 0 Å². The number of allylic oxidation sites excluding steroid dienone is 1. The normalized spacial score (nSPS) is 26.1. The maximum Gasteiger partial charge on any atom is 0.234 e. The van der Waals surface area contributed by atoms with Gasteiger partial charge in [0.2, 0.25) is 5.91 Å². The van der Waals surface area contributed by atoms with Crippen LogP contribution in [0.25, 0.3) is 0 Å². The second-order valence-electron chi connectivity index (χ2n) is 6.40. The summed E-state index contributed by atoms with van der Waals surface area (Å²) in [7, 11) is 1.98. The highest BCUT2D eigenvalue weighted by atomic mass is 16.3. The molecule has 0 spiro atoms. The minimum atomic E-state index is -0.106. The van der Waals surface area contributed by atoms with Gasteiger partial charge in [0.1, 0.15) is 0 Å². The fourth-order valence-corrected chi connectivity index (χ4v) is 3.15. The number of aliphatic hydroxyl groups is 1. The highest BCUT2D eigenvalue weighted by molar-refractivity contribution is 5.77. The number of nitrogens with one attached hydrogen (secondary N) is 1. The Morgan fingerprint density at radius 3 is 2.90 bits per heavy atom. The second-order valence-corrected chi connectivity index (χ2v) is 6.40. The molecule has 4 nitrogen and oxygen atoms in total. The number of amides is 1. The van der Waals surface area contributed by atoms with Gasteiger partial charge in [0.05, 0.1) is 12.6 Å². The first-order chi connectivity index (χ1) is 9.63. The molecule has 0 heterocycles. The lowest BCUT2D eigenvalue weighted by molar-refractivity contribution is -0.122. The number of carbonyl (C=O) groups excluding carboxylic acids is 1. The predicted octanol–water partition coefficient (Wildman–Crippen LogP) is 1.70. The fraction of sp³-hybridized carbons (Fsp3) is 0.812. The molecule has 0 aliphatic heterocycles. The van der Waals surface area contributed by atoms with Crippen LogP contribution < -0.4 is 5.32 Å². The SMILES string of the molecule is CN(CC(=O)NCCC1=CCCCC1)CC1CC(O)C1. The first kappa shape index (κ1) is 15.5. The van der Waals surface area contributed by atoms with E-state index in [1.54, 1.807) is 0 Å². The Morgan fingerprint density at radius 1 is 1.45 bits per heavy atom. The molecule has 114 valence electrons. The highest BCUT2D eigenvalue weighted by Crippen LogP contribution is 2.27. The van der Waals surface area contributed by atoms with E-state index in [9.17, 15) is 9.90 Å². The Labute approximate surface area is 122 Å². The molecule has 4 heteroatoms. The van der Waals surface area contributed by atoms with E-state index in [0.29, 0.717) is 12.5 Å². The standard InChI is InChI=1S/C16H28N2O2/c1-18(11-14-9-15(19)10-14)12-16(20)17-8-7-13-5-3-2-4-6-13/h5,14-15,19H,2-4,6-12H2,1H3,(H,17,20). The van der Waals surface area contributed by atoms with Crippen molar-refractivity contribution in [3.05, 3.63) is 11.6 Å². The lowest BCUT2D eigenvalue weighted by atomic mass is 9.82. The summed E-state index contributed by atoms with van der Waals surface area (Å²) in [5, 5.41) is 12.3. The van der Waals surface area contributed by atoms with Gasteiger partial charge < -0.3 is 10.4 Å². The lowest BCUT2D eigenvalue weighted by Crippen LogP contribution is -2.41. The van der Waals surface area contributed by atoms with Gasteiger partial charge in [0.15, 0.2) is 0 Å². The number of aliphatic hydroxyl groups excluding tert-OH is 1. The largest absolute Gasteiger partial charge is 0.393 e. The molecule has 0 unspecified atom stereocenters. The smallest absolute Gasteiger partial charge is 0.234 e. The summed E-state index contributed by atoms with van der Waals surface area (Å²) < 4.78 is 0. The maximum absolute atomic E-state index is 11.8. The summed E-state index contributed by atoms with van der Waals surface area (Å²) in [6, 6.07) is 0. The van der Waals surface area contributed by atoms with Crippen molar-refractivity contribution in [1.82, 2.24) is 10.2 Å². The topological polar surface area (TPSA) is 52.6 Å². The van der Waals surface area contributed by atoms with Gasteiger partial charge in [0, 0.05) is 13.1 Å². The Morgan fingerprint density at radius 2 is 2.25 bits per heavy atom. The van der Waals surface area contributed by atoms with Crippen LogP contribution in [0.4, 0.5) is 0 Å². The summed E-state index contributed by atoms with van der Waals surface area (Å²) in [5.74, 6) is 0.680. The molecule has 0 saturated heterocycles. The highest BCUT2D eigenvalue weighted by Gasteiger charge is 2.28. The number of hydrogen-bond acceptors (Lipinski definition) is 3. The quantitative estimate of drug-likeness (QED) is 0.698. The average Bonchev–Trinajstić information content (AvgIpc) is 2.38. The van der Waals surface area contributed by atoms with Gasteiger partial charge in [0.25, 0.3) is 0 Å². The predicted molar refractivity (Wildman–Crippen MR) is 80.4 cm³/mol. The van der Waals surface area contributed by atoms with Crippen LogP contribution >= 0.6 is 0 Å². The van der Waals surface area contributed by atoms with E-state index in [1.807, 2.05) is 7.05 Å². The Kier molecular flexibility index (Phi) is 6.05. The zero-order chi connectivity index (χ0) is 14.4. The van der Waals surface area contributed by atoms with Crippen LogP contribution in [0.3, 0.4) is 0 Å². The summed E-state index contributed by atoms with van der Waals surface area (Å²) in [6.45, 7) is 2.14. The third kappa shape index (κ3) is 5.25. The van der Waals surface area contributed by atoms with Crippen molar-refractivity contribution in [2.45, 2.75) is 51.0 Å². The van der Waals surface area contributed by atoms with Crippen LogP contribution in [0.1, 0.15) is 44.9 Å². The molecule has 20 heavy (non-hydrogen) atoms. The van der Waals surface area contributed by atoms with Gasteiger partial charge >= 0.3 is 0 Å². The third-order valence-electron chi connectivity index (χ3n) is 4.35. The summed E-state index contributed by atoms with van der Waals surface area (Å²) in [4.78, 5) is 13.9. The number of likely N-dealkylation sites (N-methyl/N-ethyl adjacent to an activating group) is 1. The van der Waals surface area contributed by atoms with Gasteiger partial charge in [-0.05, 0) is 57.9 Å². The Balaban J connectivity index is 1.54. The van der Waals surface area contributed by atoms with Crippen molar-refractivity contribution in [3.8, 4) is 0 Å². The molecule has 0 aromatic carbocycles. The average molecular weight is 280 g/mol. The molecule has 0 aromatic rings. The number of nitrogens with zero attached hydrogens (tertiary/aromatic N) is 1. The van der Waals surface area contributed by atoms with E-state index in [4.69, 9.17) is 0 Å². The van der Waals surface area contributed by atoms with Crippen molar-refractivity contribution in [2.24, 2.45) is 5.92 Å². The number of hydrogen-bond donors (Lipinski definition) is 2. The van der Waals surface area contributed by atoms with Crippen molar-refractivity contribution in [1.29, 1.82) is 0 Å². The van der Waals surface area contributed by atoms with E-state index in [0.717, 1.165) is 32.4 Å². The Hall–Kier alpha value is -0.870. The third-order valence-corrected chi connectivity index (χ3v) is 4.35. The van der Waals surface area contributed by atoms with E-state index in [2.05, 4.69) is 16.3 Å². The van der Waals surface area contributed by atoms with Crippen molar-refractivity contribution < 1.29 is 9.90 Å². The van der Waals surface area contributed by atoms with E-state index in [1.165, 1.54) is 31.3 Å². The van der Waals surface area contributed by atoms with Crippen LogP contribution in [-0.4, -0.2) is 48.7 Å². The summed E-state index contributed by atoms with van der Waals surface area (Å²) in [5.41, 5.74) is 1.51. The maximum atomic E-state index is 11.8. The van der Waals surface area contributed by atoms with E-state index >= 15 is 0 Å². The zero-order valence-corrected chi connectivity index (χ0v) is 12.6. The van der Waals surface area contributed by atoms with Crippen molar-refractivity contribution in [2.75, 3.05) is 26.7 Å². The Bertz CT molecular complexity index is 348. The molecule has 2 aliphatic rings. The molecule has 1 fully saturated rings. The van der Waals surface area contributed by atoms with E-state index < -0.39 is 0 Å². The molecule has 1 saturated carbocycles. The fourth-order valence-electron chi connectivity index (χ4n) is 3.15. The van der Waals surface area contributed by atoms with Crippen LogP contribution in [0.15, 0.2) is 11.6 Å². The number of rotatable bonds is 7. The van der Waals surface area contributed by atoms with Gasteiger partial charge in [-0.3, -0.25) is 9.69 Å². The summed E-state index contributed by atoms with van der Waals surface area (Å²) >= 11 is 0. The van der Waals surface area contributed by atoms with E-state index in [-0.39, 0.29) is 12.0 Å². The minimum absolute atomic E-state index is 0.106. The van der Waals surface area contributed by atoms with Gasteiger partial charge in [-0.1, -0.05) is 11.6 Å². The molecular weight excluding hydrogens is 252 g/mol. The number of carbonyl (C=O) groups is 1. The molecule has 2 N–H and O–H groups in total. The van der Waals surface area contributed by atoms with Crippen LogP contribution in [0.5, 0.6) is 0 Å². The second kappa shape index (κ2) is 7.79. The van der Waals surface area contributed by atoms with Crippen molar-refractivity contribution in [3.63, 3.8) is 0 Å². The molecule has 2 aliphatic carbocycles. The van der Waals surface area contributed by atoms with Crippen LogP contribution in [-0.2, 0) is 4.79 Å². The zero-order valence-electron chi connectivity index (χ0n) is 12.6. The van der Waals surface area contributed by atoms with Crippen molar-refractivity contribution >= 4 is 5.91 Å². The first-order valence-electron chi connectivity index (χ1n) is 7.94.